The number of aliphatic hydroxyl groups is 2. The van der Waals surface area contributed by atoms with Gasteiger partial charge in [0.15, 0.2) is 7.20 Å². The average Bonchev–Trinajstić information content (AvgIpc) is 2.83. The van der Waals surface area contributed by atoms with E-state index in [9.17, 15) is 33.3 Å². The van der Waals surface area contributed by atoms with Crippen molar-refractivity contribution >= 4 is 33.1 Å². The highest BCUT2D eigenvalue weighted by Gasteiger charge is 2.51. The summed E-state index contributed by atoms with van der Waals surface area (Å²) in [4.78, 5) is 27.8. The maximum atomic E-state index is 13.9. The number of hydrogen-bond donors (Lipinski definition) is 6. The molecule has 7 N–H and O–H groups in total. The predicted molar refractivity (Wildman–Crippen MR) is 141 cm³/mol. The van der Waals surface area contributed by atoms with Gasteiger partial charge in [-0.05, 0) is 36.3 Å². The van der Waals surface area contributed by atoms with E-state index in [1.54, 1.807) is 32.0 Å². The molecule has 4 atom stereocenters. The van der Waals surface area contributed by atoms with E-state index in [1.807, 2.05) is 0 Å². The van der Waals surface area contributed by atoms with Gasteiger partial charge in [0.1, 0.15) is 17.3 Å². The fraction of sp³-hybridized carbons (Fsp3) is 0.423. The molecule has 1 aromatic rings. The molecule has 0 aliphatic heterocycles. The van der Waals surface area contributed by atoms with E-state index in [0.29, 0.717) is 24.1 Å². The van der Waals surface area contributed by atoms with Crippen LogP contribution in [0.5, 0.6) is 5.75 Å². The summed E-state index contributed by atoms with van der Waals surface area (Å²) in [6, 6.07) is 1.62. The van der Waals surface area contributed by atoms with Crippen molar-refractivity contribution in [2.45, 2.75) is 19.8 Å². The van der Waals surface area contributed by atoms with Crippen LogP contribution in [0.25, 0.3) is 0 Å². The third-order valence-corrected chi connectivity index (χ3v) is 8.19. The number of nitrogens with one attached hydrogen (secondary N) is 2. The van der Waals surface area contributed by atoms with E-state index >= 15 is 0 Å². The molecule has 4 rings (SSSR count). The van der Waals surface area contributed by atoms with Gasteiger partial charge in [0.25, 0.3) is 5.91 Å². The van der Waals surface area contributed by atoms with Gasteiger partial charge >= 0.3 is 0 Å². The van der Waals surface area contributed by atoms with Gasteiger partial charge in [-0.15, -0.1) is 0 Å². The topological polar surface area (TPSA) is 194 Å². The number of sulfonamides is 1. The van der Waals surface area contributed by atoms with Gasteiger partial charge in [-0.2, -0.15) is 0 Å². The summed E-state index contributed by atoms with van der Waals surface area (Å²) in [7, 11) is 0.0747. The van der Waals surface area contributed by atoms with Crippen LogP contribution >= 0.6 is 0 Å². The Morgan fingerprint density at radius 3 is 2.58 bits per heavy atom. The molecule has 0 spiro atoms. The van der Waals surface area contributed by atoms with Gasteiger partial charge in [0, 0.05) is 31.3 Å². The van der Waals surface area contributed by atoms with Crippen LogP contribution < -0.4 is 15.4 Å². The Morgan fingerprint density at radius 1 is 1.32 bits per heavy atom. The number of phenols is 1. The number of anilines is 1. The Labute approximate surface area is 222 Å². The minimum atomic E-state index is -3.47. The summed E-state index contributed by atoms with van der Waals surface area (Å²) in [5.74, 6) is 0.153. The third-order valence-electron chi connectivity index (χ3n) is 7.52. The SMILES string of the molecule is [H]/N=C1/C(C(N)=O)=C(O)C(C)C2CC3Cc4c(N(C)C)cc(C#CCNS(C)(=O)=O)c(O)c4C(=O)C3=C(O)C12. The van der Waals surface area contributed by atoms with Crippen molar-refractivity contribution in [2.24, 2.45) is 29.4 Å². The lowest BCUT2D eigenvalue weighted by Gasteiger charge is -2.44. The molecule has 1 amide bonds. The number of carbonyl (C=O) groups is 2. The number of ketones is 1. The molecule has 3 aliphatic carbocycles. The van der Waals surface area contributed by atoms with Gasteiger partial charge in [-0.3, -0.25) is 9.59 Å². The summed E-state index contributed by atoms with van der Waals surface area (Å²) >= 11 is 0. The lowest BCUT2D eigenvalue weighted by Crippen LogP contribution is -2.46. The molecule has 1 aromatic carbocycles. The molecule has 202 valence electrons. The number of nitrogens with zero attached hydrogens (tertiary/aromatic N) is 1. The van der Waals surface area contributed by atoms with E-state index in [-0.39, 0.29) is 46.0 Å². The van der Waals surface area contributed by atoms with Crippen molar-refractivity contribution in [2.75, 3.05) is 31.8 Å². The van der Waals surface area contributed by atoms with Crippen LogP contribution in [0.4, 0.5) is 5.69 Å². The van der Waals surface area contributed by atoms with E-state index in [0.717, 1.165) is 6.26 Å². The molecule has 38 heavy (non-hydrogen) atoms. The molecule has 4 unspecified atom stereocenters. The number of aromatic hydroxyl groups is 1. The fourth-order valence-electron chi connectivity index (χ4n) is 5.77. The zero-order valence-corrected chi connectivity index (χ0v) is 22.2. The van der Waals surface area contributed by atoms with Gasteiger partial charge in [-0.25, -0.2) is 13.1 Å². The number of aliphatic hydroxyl groups excluding tert-OH is 2. The monoisotopic (exact) mass is 542 g/mol. The molecule has 0 aromatic heterocycles. The summed E-state index contributed by atoms with van der Waals surface area (Å²) in [6.07, 6.45) is 1.63. The van der Waals surface area contributed by atoms with Crippen LogP contribution in [0.1, 0.15) is 34.8 Å². The normalized spacial score (nSPS) is 26.2. The number of fused-ring (bicyclic) bond motifs is 3. The van der Waals surface area contributed by atoms with E-state index < -0.39 is 51.1 Å². The molecule has 0 heterocycles. The van der Waals surface area contributed by atoms with Crippen LogP contribution in [0, 0.1) is 40.9 Å². The second kappa shape index (κ2) is 9.49. The number of phenolic OH excluding ortho intramolecular Hbond substituents is 1. The molecule has 0 radical (unpaired) electrons. The molecule has 11 nitrogen and oxygen atoms in total. The summed E-state index contributed by atoms with van der Waals surface area (Å²) < 4.78 is 32.5. The van der Waals surface area contributed by atoms with Crippen LogP contribution in [0.15, 0.2) is 28.7 Å². The van der Waals surface area contributed by atoms with Crippen LogP contribution in [-0.2, 0) is 21.2 Å². The number of rotatable bonds is 4. The Hall–Kier alpha value is -3.82. The smallest absolute Gasteiger partial charge is 0.253 e. The number of primary amides is 1. The number of hydrogen-bond acceptors (Lipinski definition) is 9. The maximum Gasteiger partial charge on any atom is 0.253 e. The number of nitrogens with two attached hydrogens (primary N) is 1. The summed E-state index contributed by atoms with van der Waals surface area (Å²) in [6.45, 7) is 1.49. The highest BCUT2D eigenvalue weighted by Crippen LogP contribution is 2.52. The Bertz CT molecular complexity index is 1550. The highest BCUT2D eigenvalue weighted by molar-refractivity contribution is 7.88. The number of benzene rings is 1. The Balaban J connectivity index is 1.87. The molecule has 0 saturated heterocycles. The predicted octanol–water partition coefficient (Wildman–Crippen LogP) is 1.13. The van der Waals surface area contributed by atoms with Crippen molar-refractivity contribution in [1.29, 1.82) is 5.40 Å². The summed E-state index contributed by atoms with van der Waals surface area (Å²) in [5.41, 5.74) is 6.23. The van der Waals surface area contributed by atoms with Crippen molar-refractivity contribution < 1.29 is 34.7 Å². The molecule has 0 fully saturated rings. The maximum absolute atomic E-state index is 13.9. The van der Waals surface area contributed by atoms with Crippen LogP contribution in [0.3, 0.4) is 0 Å². The highest BCUT2D eigenvalue weighted by atomic mass is 32.2. The summed E-state index contributed by atoms with van der Waals surface area (Å²) in [5, 5.41) is 36.7. The second-order valence-electron chi connectivity index (χ2n) is 10.1. The van der Waals surface area contributed by atoms with E-state index in [2.05, 4.69) is 22.0 Å². The Morgan fingerprint density at radius 2 is 2.00 bits per heavy atom. The second-order valence-corrected chi connectivity index (χ2v) is 12.0. The van der Waals surface area contributed by atoms with Crippen molar-refractivity contribution in [3.63, 3.8) is 0 Å². The van der Waals surface area contributed by atoms with Crippen LogP contribution in [-0.4, -0.2) is 68.0 Å². The Kier molecular flexibility index (Phi) is 6.44. The molecule has 3 aliphatic rings. The molecular formula is C26H30N4O7S. The number of amides is 1. The first kappa shape index (κ1) is 25.8. The van der Waals surface area contributed by atoms with E-state index in [4.69, 9.17) is 7.15 Å². The van der Waals surface area contributed by atoms with Gasteiger partial charge in [0.2, 0.25) is 10.0 Å². The minimum Gasteiger partial charge on any atom is -0.511 e. The lowest BCUT2D eigenvalue weighted by atomic mass is 9.59. The molecular weight excluding hydrogens is 512 g/mol. The number of allylic oxidation sites excluding steroid dienone is 3. The van der Waals surface area contributed by atoms with Crippen molar-refractivity contribution in [3.8, 4) is 17.6 Å². The molecule has 12 heteroatoms. The number of carbonyl (C=O) groups excluding carboxylic acids is 2. The largest absolute Gasteiger partial charge is 0.511 e. The first-order valence-corrected chi connectivity index (χ1v) is 13.8. The first-order valence-electron chi connectivity index (χ1n) is 12.4. The minimum absolute atomic E-state index is 0.0282. The average molecular weight is 543 g/mol. The lowest BCUT2D eigenvalue weighted by molar-refractivity contribution is -0.114. The van der Waals surface area contributed by atoms with Crippen molar-refractivity contribution in [1.82, 2.24) is 4.72 Å². The van der Waals surface area contributed by atoms with Gasteiger partial charge < -0.3 is 31.4 Å². The first-order chi connectivity index (χ1) is 18.2. The van der Waals surface area contributed by atoms with Gasteiger partial charge in [-0.1, -0.05) is 18.8 Å². The molecule has 0 saturated carbocycles. The molecule has 0 bridgehead atoms. The zero-order chi connectivity index (χ0) is 29.0. The van der Waals surface area contributed by atoms with Crippen molar-refractivity contribution in [3.05, 3.63) is 45.4 Å². The number of Topliss-reactive ketones (excluding diaryl/α,β-unsaturated/α-hetero) is 1. The zero-order valence-electron chi connectivity index (χ0n) is 22.4. The van der Waals surface area contributed by atoms with E-state index in [1.165, 1.54) is 0 Å². The third kappa shape index (κ3) is 4.41. The van der Waals surface area contributed by atoms with Gasteiger partial charge in [0.05, 0.1) is 41.1 Å². The fourth-order valence-corrected chi connectivity index (χ4v) is 6.11. The standard InChI is InChI=1S/C26H30N4O7S/c1-11-14-8-13-9-15-16(30(2)3)10-12(6-5-7-29-38(4,36)37)23(32)19(15)25(34)17(13)24(33)18(14)21(27)20(22(11)31)26(28)35/h10-11,13-14,18,27,29,31-33H,7-9H2,1-4H3,(H2,28,35)/b27-21+. The quantitative estimate of drug-likeness (QED) is 0.305. The van der Waals surface area contributed by atoms with Crippen LogP contribution in [0.2, 0.25) is 1.41 Å².